The first-order valence-electron chi connectivity index (χ1n) is 9.58. The zero-order chi connectivity index (χ0) is 21.4. The van der Waals surface area contributed by atoms with E-state index in [1.54, 1.807) is 23.1 Å². The van der Waals surface area contributed by atoms with Crippen molar-refractivity contribution in [2.24, 2.45) is 0 Å². The van der Waals surface area contributed by atoms with Gasteiger partial charge in [-0.15, -0.1) is 0 Å². The van der Waals surface area contributed by atoms with Gasteiger partial charge < -0.3 is 19.1 Å². The van der Waals surface area contributed by atoms with Gasteiger partial charge >= 0.3 is 5.97 Å². The number of benzene rings is 2. The lowest BCUT2D eigenvalue weighted by Gasteiger charge is -2.35. The van der Waals surface area contributed by atoms with Crippen LogP contribution in [0.3, 0.4) is 0 Å². The summed E-state index contributed by atoms with van der Waals surface area (Å²) < 4.78 is 16.0. The standard InChI is InChI=1S/C23H29NO5/c1-6-28-20-14-18(12-13-19(20)27-5)22(26)29-16-21(25)24(23(2,3)4)15-17-10-8-7-9-11-17/h7-14H,6,15-16H2,1-5H3. The maximum Gasteiger partial charge on any atom is 0.338 e. The fourth-order valence-corrected chi connectivity index (χ4v) is 2.83. The summed E-state index contributed by atoms with van der Waals surface area (Å²) in [5, 5.41) is 0. The molecule has 0 aliphatic heterocycles. The van der Waals surface area contributed by atoms with Gasteiger partial charge in [0.15, 0.2) is 18.1 Å². The highest BCUT2D eigenvalue weighted by molar-refractivity contribution is 5.92. The Kier molecular flexibility index (Phi) is 7.65. The summed E-state index contributed by atoms with van der Waals surface area (Å²) in [5.41, 5.74) is 0.896. The van der Waals surface area contributed by atoms with Gasteiger partial charge in [-0.1, -0.05) is 30.3 Å². The first-order valence-corrected chi connectivity index (χ1v) is 9.58. The lowest BCUT2D eigenvalue weighted by atomic mass is 10.0. The fraction of sp³-hybridized carbons (Fsp3) is 0.391. The summed E-state index contributed by atoms with van der Waals surface area (Å²) >= 11 is 0. The average molecular weight is 399 g/mol. The summed E-state index contributed by atoms with van der Waals surface area (Å²) in [6.07, 6.45) is 0. The fourth-order valence-electron chi connectivity index (χ4n) is 2.83. The Balaban J connectivity index is 2.07. The Morgan fingerprint density at radius 3 is 2.28 bits per heavy atom. The van der Waals surface area contributed by atoms with Gasteiger partial charge in [-0.05, 0) is 51.5 Å². The zero-order valence-electron chi connectivity index (χ0n) is 17.7. The van der Waals surface area contributed by atoms with Crippen molar-refractivity contribution >= 4 is 11.9 Å². The number of carbonyl (C=O) groups is 2. The third-order valence-electron chi connectivity index (χ3n) is 4.32. The summed E-state index contributed by atoms with van der Waals surface area (Å²) in [5.74, 6) is 0.140. The van der Waals surface area contributed by atoms with Crippen LogP contribution < -0.4 is 9.47 Å². The minimum atomic E-state index is -0.587. The average Bonchev–Trinajstić information content (AvgIpc) is 2.70. The first kappa shape index (κ1) is 22.3. The van der Waals surface area contributed by atoms with Gasteiger partial charge in [-0.3, -0.25) is 4.79 Å². The molecule has 2 rings (SSSR count). The molecule has 2 aromatic carbocycles. The minimum absolute atomic E-state index is 0.256. The maximum atomic E-state index is 12.8. The number of amides is 1. The van der Waals surface area contributed by atoms with E-state index in [9.17, 15) is 9.59 Å². The monoisotopic (exact) mass is 399 g/mol. The van der Waals surface area contributed by atoms with E-state index in [0.29, 0.717) is 30.2 Å². The third-order valence-corrected chi connectivity index (χ3v) is 4.32. The number of hydrogen-bond donors (Lipinski definition) is 0. The molecule has 0 saturated heterocycles. The number of esters is 1. The molecule has 0 aromatic heterocycles. The summed E-state index contributed by atoms with van der Waals surface area (Å²) in [4.78, 5) is 27.0. The van der Waals surface area contributed by atoms with Crippen LogP contribution in [-0.2, 0) is 16.1 Å². The van der Waals surface area contributed by atoms with Gasteiger partial charge in [0.1, 0.15) is 0 Å². The van der Waals surface area contributed by atoms with Crippen molar-refractivity contribution in [2.45, 2.75) is 39.8 Å². The molecule has 2 aromatic rings. The highest BCUT2D eigenvalue weighted by atomic mass is 16.5. The van der Waals surface area contributed by atoms with E-state index in [4.69, 9.17) is 14.2 Å². The molecule has 0 spiro atoms. The van der Waals surface area contributed by atoms with E-state index in [1.807, 2.05) is 58.0 Å². The van der Waals surface area contributed by atoms with Crippen molar-refractivity contribution in [1.29, 1.82) is 0 Å². The van der Waals surface area contributed by atoms with Crippen LogP contribution >= 0.6 is 0 Å². The highest BCUT2D eigenvalue weighted by Gasteiger charge is 2.27. The van der Waals surface area contributed by atoms with Gasteiger partial charge in [-0.2, -0.15) is 0 Å². The Morgan fingerprint density at radius 2 is 1.69 bits per heavy atom. The van der Waals surface area contributed by atoms with Gasteiger partial charge in [-0.25, -0.2) is 4.79 Å². The van der Waals surface area contributed by atoms with Gasteiger partial charge in [0, 0.05) is 12.1 Å². The molecule has 156 valence electrons. The van der Waals surface area contributed by atoms with Crippen molar-refractivity contribution in [1.82, 2.24) is 4.90 Å². The van der Waals surface area contributed by atoms with Crippen molar-refractivity contribution in [3.63, 3.8) is 0 Å². The van der Waals surface area contributed by atoms with E-state index in [-0.39, 0.29) is 12.5 Å². The Bertz CT molecular complexity index is 827. The maximum absolute atomic E-state index is 12.8. The lowest BCUT2D eigenvalue weighted by molar-refractivity contribution is -0.140. The highest BCUT2D eigenvalue weighted by Crippen LogP contribution is 2.28. The largest absolute Gasteiger partial charge is 0.493 e. The molecule has 0 atom stereocenters. The summed E-state index contributed by atoms with van der Waals surface area (Å²) in [6, 6.07) is 14.5. The molecule has 0 unspecified atom stereocenters. The molecule has 0 saturated carbocycles. The normalized spacial score (nSPS) is 10.9. The molecule has 0 radical (unpaired) electrons. The van der Waals surface area contributed by atoms with Crippen molar-refractivity contribution in [3.8, 4) is 11.5 Å². The Morgan fingerprint density at radius 1 is 1.00 bits per heavy atom. The lowest BCUT2D eigenvalue weighted by Crippen LogP contribution is -2.46. The second kappa shape index (κ2) is 9.96. The predicted molar refractivity (Wildman–Crippen MR) is 111 cm³/mol. The second-order valence-corrected chi connectivity index (χ2v) is 7.51. The Labute approximate surface area is 172 Å². The predicted octanol–water partition coefficient (Wildman–Crippen LogP) is 4.08. The molecule has 6 heteroatoms. The van der Waals surface area contributed by atoms with Crippen molar-refractivity contribution in [2.75, 3.05) is 20.3 Å². The molecular weight excluding hydrogens is 370 g/mol. The molecule has 29 heavy (non-hydrogen) atoms. The summed E-state index contributed by atoms with van der Waals surface area (Å²) in [6.45, 7) is 8.25. The Hall–Kier alpha value is -3.02. The quantitative estimate of drug-likeness (QED) is 0.626. The number of nitrogens with zero attached hydrogens (tertiary/aromatic N) is 1. The third kappa shape index (κ3) is 6.24. The van der Waals surface area contributed by atoms with Gasteiger partial charge in [0.25, 0.3) is 5.91 Å². The number of carbonyl (C=O) groups excluding carboxylic acids is 2. The van der Waals surface area contributed by atoms with Crippen LogP contribution in [0.5, 0.6) is 11.5 Å². The van der Waals surface area contributed by atoms with E-state index in [1.165, 1.54) is 7.11 Å². The smallest absolute Gasteiger partial charge is 0.338 e. The molecule has 1 amide bonds. The first-order chi connectivity index (χ1) is 13.8. The molecule has 0 fully saturated rings. The van der Waals surface area contributed by atoms with E-state index in [0.717, 1.165) is 5.56 Å². The van der Waals surface area contributed by atoms with Crippen molar-refractivity contribution in [3.05, 3.63) is 59.7 Å². The van der Waals surface area contributed by atoms with Crippen molar-refractivity contribution < 1.29 is 23.8 Å². The molecule has 0 bridgehead atoms. The van der Waals surface area contributed by atoms with Crippen LogP contribution in [-0.4, -0.2) is 42.6 Å². The number of rotatable bonds is 8. The number of ether oxygens (including phenoxy) is 3. The molecule has 0 aliphatic rings. The topological polar surface area (TPSA) is 65.1 Å². The van der Waals surface area contributed by atoms with Crippen LogP contribution in [0.15, 0.2) is 48.5 Å². The second-order valence-electron chi connectivity index (χ2n) is 7.51. The molecule has 0 N–H and O–H groups in total. The van der Waals surface area contributed by atoms with E-state index in [2.05, 4.69) is 0 Å². The zero-order valence-corrected chi connectivity index (χ0v) is 17.7. The SMILES string of the molecule is CCOc1cc(C(=O)OCC(=O)N(Cc2ccccc2)C(C)(C)C)ccc1OC. The van der Waals surface area contributed by atoms with Crippen LogP contribution in [0.25, 0.3) is 0 Å². The molecule has 6 nitrogen and oxygen atoms in total. The van der Waals surface area contributed by atoms with Gasteiger partial charge in [0.05, 0.1) is 19.3 Å². The number of hydrogen-bond acceptors (Lipinski definition) is 5. The molecule has 0 aliphatic carbocycles. The minimum Gasteiger partial charge on any atom is -0.493 e. The molecular formula is C23H29NO5. The van der Waals surface area contributed by atoms with Crippen LogP contribution in [0, 0.1) is 0 Å². The van der Waals surface area contributed by atoms with Crippen LogP contribution in [0.2, 0.25) is 0 Å². The van der Waals surface area contributed by atoms with E-state index < -0.39 is 11.5 Å². The number of methoxy groups -OCH3 is 1. The van der Waals surface area contributed by atoms with Gasteiger partial charge in [0.2, 0.25) is 0 Å². The van der Waals surface area contributed by atoms with Crippen LogP contribution in [0.1, 0.15) is 43.6 Å². The molecule has 0 heterocycles. The summed E-state index contributed by atoms with van der Waals surface area (Å²) in [7, 11) is 1.53. The van der Waals surface area contributed by atoms with E-state index >= 15 is 0 Å². The van der Waals surface area contributed by atoms with Crippen LogP contribution in [0.4, 0.5) is 0 Å².